The number of likely N-dealkylation sites (tertiary alicyclic amines) is 1. The quantitative estimate of drug-likeness (QED) is 0.670. The average molecular weight is 319 g/mol. The van der Waals surface area contributed by atoms with E-state index in [2.05, 4.69) is 32.1 Å². The number of likely N-dealkylation sites (N-methyl/N-ethyl adjacent to an activating group) is 1. The van der Waals surface area contributed by atoms with Gasteiger partial charge in [0.25, 0.3) is 5.56 Å². The minimum absolute atomic E-state index is 0.00852. The molecule has 4 N–H and O–H groups in total. The van der Waals surface area contributed by atoms with Crippen molar-refractivity contribution in [3.05, 3.63) is 16.7 Å². The molecule has 1 fully saturated rings. The molecule has 3 rings (SSSR count). The molecule has 0 saturated carbocycles. The molecule has 1 unspecified atom stereocenters. The number of imidazole rings is 1. The van der Waals surface area contributed by atoms with Gasteiger partial charge in [-0.2, -0.15) is 4.98 Å². The molecular weight excluding hydrogens is 298 g/mol. The van der Waals surface area contributed by atoms with Crippen LogP contribution in [0.15, 0.2) is 11.1 Å². The molecule has 1 amide bonds. The van der Waals surface area contributed by atoms with Crippen LogP contribution in [0.3, 0.4) is 0 Å². The highest BCUT2D eigenvalue weighted by Crippen LogP contribution is 2.15. The van der Waals surface area contributed by atoms with Crippen molar-refractivity contribution in [3.63, 3.8) is 0 Å². The number of nitrogens with zero attached hydrogens (tertiary/aromatic N) is 4. The van der Waals surface area contributed by atoms with Crippen LogP contribution in [0.5, 0.6) is 0 Å². The van der Waals surface area contributed by atoms with Gasteiger partial charge in [-0.3, -0.25) is 19.5 Å². The largest absolute Gasteiger partial charge is 0.369 e. The molecule has 3 heterocycles. The minimum atomic E-state index is -0.406. The van der Waals surface area contributed by atoms with Crippen LogP contribution in [0, 0.1) is 0 Å². The first-order valence-corrected chi connectivity index (χ1v) is 7.80. The molecule has 124 valence electrons. The summed E-state index contributed by atoms with van der Waals surface area (Å²) >= 11 is 0. The van der Waals surface area contributed by atoms with Gasteiger partial charge >= 0.3 is 0 Å². The highest BCUT2D eigenvalue weighted by atomic mass is 16.2. The molecule has 1 atom stereocenters. The normalized spacial score (nSPS) is 18.6. The molecule has 0 aliphatic carbocycles. The van der Waals surface area contributed by atoms with Crippen molar-refractivity contribution in [2.75, 3.05) is 25.4 Å². The van der Waals surface area contributed by atoms with E-state index in [-0.39, 0.29) is 23.9 Å². The summed E-state index contributed by atoms with van der Waals surface area (Å²) in [7, 11) is 0. The van der Waals surface area contributed by atoms with E-state index in [0.29, 0.717) is 18.2 Å². The van der Waals surface area contributed by atoms with Crippen LogP contribution in [-0.2, 0) is 11.3 Å². The van der Waals surface area contributed by atoms with Gasteiger partial charge in [0.2, 0.25) is 11.9 Å². The third-order valence-electron chi connectivity index (χ3n) is 4.25. The number of carbonyl (C=O) groups excluding carboxylic acids is 1. The summed E-state index contributed by atoms with van der Waals surface area (Å²) in [6.07, 6.45) is 3.71. The monoisotopic (exact) mass is 319 g/mol. The molecule has 0 spiro atoms. The van der Waals surface area contributed by atoms with E-state index in [1.165, 1.54) is 17.3 Å². The molecule has 9 nitrogen and oxygen atoms in total. The number of rotatable bonds is 5. The van der Waals surface area contributed by atoms with Crippen LogP contribution >= 0.6 is 0 Å². The van der Waals surface area contributed by atoms with E-state index in [1.807, 2.05) is 0 Å². The molecule has 2 aromatic heterocycles. The number of fused-ring (bicyclic) bond motifs is 1. The maximum absolute atomic E-state index is 12.2. The fourth-order valence-electron chi connectivity index (χ4n) is 3.07. The van der Waals surface area contributed by atoms with Crippen molar-refractivity contribution in [1.82, 2.24) is 29.7 Å². The second-order valence-corrected chi connectivity index (χ2v) is 5.72. The lowest BCUT2D eigenvalue weighted by Gasteiger charge is -2.22. The van der Waals surface area contributed by atoms with Gasteiger partial charge in [-0.1, -0.05) is 6.92 Å². The Labute approximate surface area is 132 Å². The molecule has 1 aliphatic rings. The fraction of sp³-hybridized carbons (Fsp3) is 0.571. The number of hydrogen-bond donors (Lipinski definition) is 3. The predicted molar refractivity (Wildman–Crippen MR) is 85.8 cm³/mol. The average Bonchev–Trinajstić information content (AvgIpc) is 3.12. The Bertz CT molecular complexity index is 766. The van der Waals surface area contributed by atoms with Crippen LogP contribution in [0.2, 0.25) is 0 Å². The SMILES string of the molecule is CCN1CCCC1CNC(=O)Cn1cnc2c(=O)[nH]c(N)nc21. The van der Waals surface area contributed by atoms with E-state index in [4.69, 9.17) is 5.73 Å². The van der Waals surface area contributed by atoms with E-state index in [0.717, 1.165) is 19.5 Å². The predicted octanol–water partition coefficient (Wildman–Crippen LogP) is -0.698. The number of hydrogen-bond acceptors (Lipinski definition) is 6. The second kappa shape index (κ2) is 6.37. The van der Waals surface area contributed by atoms with Crippen molar-refractivity contribution in [3.8, 4) is 0 Å². The fourth-order valence-corrected chi connectivity index (χ4v) is 3.07. The van der Waals surface area contributed by atoms with Crippen LogP contribution in [0.25, 0.3) is 11.2 Å². The zero-order valence-electron chi connectivity index (χ0n) is 13.1. The number of aromatic amines is 1. The number of nitrogens with two attached hydrogens (primary N) is 1. The first-order valence-electron chi connectivity index (χ1n) is 7.80. The second-order valence-electron chi connectivity index (χ2n) is 5.72. The highest BCUT2D eigenvalue weighted by Gasteiger charge is 2.23. The molecule has 1 aliphatic heterocycles. The van der Waals surface area contributed by atoms with E-state index >= 15 is 0 Å². The lowest BCUT2D eigenvalue weighted by atomic mass is 10.2. The lowest BCUT2D eigenvalue weighted by Crippen LogP contribution is -2.41. The van der Waals surface area contributed by atoms with Crippen LogP contribution in [-0.4, -0.2) is 56.0 Å². The maximum Gasteiger partial charge on any atom is 0.280 e. The molecule has 0 bridgehead atoms. The van der Waals surface area contributed by atoms with Crippen molar-refractivity contribution >= 4 is 23.0 Å². The van der Waals surface area contributed by atoms with Gasteiger partial charge < -0.3 is 15.6 Å². The van der Waals surface area contributed by atoms with Gasteiger partial charge in [-0.05, 0) is 25.9 Å². The summed E-state index contributed by atoms with van der Waals surface area (Å²) in [5.74, 6) is -0.123. The lowest BCUT2D eigenvalue weighted by molar-refractivity contribution is -0.121. The van der Waals surface area contributed by atoms with Crippen LogP contribution < -0.4 is 16.6 Å². The van der Waals surface area contributed by atoms with Crippen molar-refractivity contribution < 1.29 is 4.79 Å². The summed E-state index contributed by atoms with van der Waals surface area (Å²) in [5, 5.41) is 2.95. The van der Waals surface area contributed by atoms with Crippen molar-refractivity contribution in [2.24, 2.45) is 0 Å². The Kier molecular flexibility index (Phi) is 4.28. The molecule has 23 heavy (non-hydrogen) atoms. The molecule has 0 radical (unpaired) electrons. The van der Waals surface area contributed by atoms with Crippen LogP contribution in [0.1, 0.15) is 19.8 Å². The number of nitrogens with one attached hydrogen (secondary N) is 2. The number of amides is 1. The summed E-state index contributed by atoms with van der Waals surface area (Å²) in [6.45, 7) is 4.92. The Balaban J connectivity index is 1.65. The summed E-state index contributed by atoms with van der Waals surface area (Å²) < 4.78 is 1.53. The first-order chi connectivity index (χ1) is 11.1. The molecule has 9 heteroatoms. The van der Waals surface area contributed by atoms with Gasteiger partial charge in [0.1, 0.15) is 6.54 Å². The number of nitrogen functional groups attached to an aromatic ring is 1. The molecule has 2 aromatic rings. The third-order valence-corrected chi connectivity index (χ3v) is 4.25. The summed E-state index contributed by atoms with van der Waals surface area (Å²) in [5.41, 5.74) is 5.63. The molecular formula is C14H21N7O2. The van der Waals surface area contributed by atoms with E-state index in [1.54, 1.807) is 0 Å². The smallest absolute Gasteiger partial charge is 0.280 e. The van der Waals surface area contributed by atoms with Gasteiger partial charge in [0.15, 0.2) is 11.2 Å². The topological polar surface area (TPSA) is 122 Å². The summed E-state index contributed by atoms with van der Waals surface area (Å²) in [6, 6.07) is 0.403. The number of aromatic nitrogens is 4. The highest BCUT2D eigenvalue weighted by molar-refractivity contribution is 5.78. The van der Waals surface area contributed by atoms with Gasteiger partial charge in [-0.25, -0.2) is 4.98 Å². The molecule has 0 aromatic carbocycles. The Morgan fingerprint density at radius 2 is 2.39 bits per heavy atom. The number of anilines is 1. The summed E-state index contributed by atoms with van der Waals surface area (Å²) in [4.78, 5) is 36.6. The zero-order chi connectivity index (χ0) is 16.4. The number of H-pyrrole nitrogens is 1. The third kappa shape index (κ3) is 3.19. The Morgan fingerprint density at radius 1 is 1.57 bits per heavy atom. The van der Waals surface area contributed by atoms with Gasteiger partial charge in [0, 0.05) is 12.6 Å². The van der Waals surface area contributed by atoms with Crippen molar-refractivity contribution in [2.45, 2.75) is 32.4 Å². The minimum Gasteiger partial charge on any atom is -0.369 e. The number of carbonyl (C=O) groups is 1. The van der Waals surface area contributed by atoms with E-state index in [9.17, 15) is 9.59 Å². The first kappa shape index (κ1) is 15.5. The Morgan fingerprint density at radius 3 is 3.17 bits per heavy atom. The van der Waals surface area contributed by atoms with Gasteiger partial charge in [-0.15, -0.1) is 0 Å². The maximum atomic E-state index is 12.2. The zero-order valence-corrected chi connectivity index (χ0v) is 13.1. The van der Waals surface area contributed by atoms with Crippen LogP contribution in [0.4, 0.5) is 5.95 Å². The Hall–Kier alpha value is -2.42. The van der Waals surface area contributed by atoms with Crippen molar-refractivity contribution in [1.29, 1.82) is 0 Å². The molecule has 1 saturated heterocycles. The standard InChI is InChI=1S/C14H21N7O2/c1-2-20-5-3-4-9(20)6-16-10(22)7-21-8-17-11-12(21)18-14(15)19-13(11)23/h8-9H,2-7H2,1H3,(H,16,22)(H3,15,18,19,23). The van der Waals surface area contributed by atoms with E-state index < -0.39 is 5.56 Å². The van der Waals surface area contributed by atoms with Gasteiger partial charge in [0.05, 0.1) is 6.33 Å².